The minimum atomic E-state index is -0.648. The van der Waals surface area contributed by atoms with E-state index in [1.54, 1.807) is 12.1 Å². The predicted molar refractivity (Wildman–Crippen MR) is 126 cm³/mol. The van der Waals surface area contributed by atoms with Gasteiger partial charge in [0.05, 0.1) is 22.8 Å². The summed E-state index contributed by atoms with van der Waals surface area (Å²) < 4.78 is 5.80. The van der Waals surface area contributed by atoms with E-state index in [9.17, 15) is 14.4 Å². The zero-order valence-electron chi connectivity index (χ0n) is 18.9. The lowest BCUT2D eigenvalue weighted by molar-refractivity contribution is 0.0941. The Morgan fingerprint density at radius 3 is 2.28 bits per heavy atom. The average molecular weight is 456 g/mol. The number of fused-ring (bicyclic) bond motifs is 1. The third kappa shape index (κ3) is 3.50. The fraction of sp³-hybridized carbons (Fsp3) is 0.375. The Labute approximate surface area is 190 Å². The Balaban J connectivity index is 1.73. The number of benzene rings is 1. The maximum Gasteiger partial charge on any atom is 0.254 e. The number of carbonyl (C=O) groups is 1. The van der Waals surface area contributed by atoms with Crippen molar-refractivity contribution in [3.8, 4) is 0 Å². The predicted octanol–water partition coefficient (Wildman–Crippen LogP) is 4.76. The topological polar surface area (TPSA) is 100 Å². The van der Waals surface area contributed by atoms with Gasteiger partial charge >= 0.3 is 0 Å². The highest BCUT2D eigenvalue weighted by Gasteiger charge is 2.40. The summed E-state index contributed by atoms with van der Waals surface area (Å²) in [5.41, 5.74) is -0.477. The molecule has 0 bridgehead atoms. The van der Waals surface area contributed by atoms with E-state index >= 15 is 0 Å². The Kier molecular flexibility index (Phi) is 5.01. The summed E-state index contributed by atoms with van der Waals surface area (Å²) in [6.45, 7) is 11.6. The van der Waals surface area contributed by atoms with E-state index in [4.69, 9.17) is 16.0 Å². The lowest BCUT2D eigenvalue weighted by Crippen LogP contribution is -2.39. The van der Waals surface area contributed by atoms with Crippen molar-refractivity contribution in [2.24, 2.45) is 5.41 Å². The molecule has 2 aromatic carbocycles. The molecule has 0 saturated carbocycles. The van der Waals surface area contributed by atoms with Gasteiger partial charge in [0.25, 0.3) is 16.8 Å². The first-order valence-corrected chi connectivity index (χ1v) is 10.8. The number of aryl methyl sites for hydroxylation is 1. The smallest absolute Gasteiger partial charge is 0.254 e. The molecule has 0 aliphatic carbocycles. The molecule has 4 rings (SSSR count). The molecule has 1 aliphatic rings. The molecular weight excluding hydrogens is 430 g/mol. The summed E-state index contributed by atoms with van der Waals surface area (Å²) in [7, 11) is 0. The molecule has 0 unspecified atom stereocenters. The van der Waals surface area contributed by atoms with Crippen molar-refractivity contribution in [2.75, 3.05) is 10.6 Å². The highest BCUT2D eigenvalue weighted by atomic mass is 35.5. The van der Waals surface area contributed by atoms with Crippen molar-refractivity contribution >= 4 is 34.6 Å². The average Bonchev–Trinajstić information content (AvgIpc) is 3.21. The summed E-state index contributed by atoms with van der Waals surface area (Å²) in [4.78, 5) is 37.6. The van der Waals surface area contributed by atoms with Gasteiger partial charge in [-0.05, 0) is 50.5 Å². The Bertz CT molecular complexity index is 1310. The molecule has 3 aromatic rings. The number of amides is 1. The molecular formula is C24H26ClN3O4. The van der Waals surface area contributed by atoms with Crippen molar-refractivity contribution in [3.63, 3.8) is 0 Å². The Morgan fingerprint density at radius 2 is 1.69 bits per heavy atom. The van der Waals surface area contributed by atoms with Crippen LogP contribution in [-0.4, -0.2) is 5.91 Å². The van der Waals surface area contributed by atoms with Crippen LogP contribution in [0.4, 0.5) is 17.1 Å². The molecule has 1 aliphatic heterocycles. The monoisotopic (exact) mass is 455 g/mol. The molecule has 8 heteroatoms. The van der Waals surface area contributed by atoms with Crippen LogP contribution in [0.3, 0.4) is 0 Å². The highest BCUT2D eigenvalue weighted by molar-refractivity contribution is 6.32. The molecule has 32 heavy (non-hydrogen) atoms. The molecule has 0 spiro atoms. The molecule has 2 heterocycles. The zero-order valence-corrected chi connectivity index (χ0v) is 19.7. The molecule has 1 amide bonds. The second kappa shape index (κ2) is 7.24. The normalized spacial score (nSPS) is 16.0. The van der Waals surface area contributed by atoms with E-state index in [1.807, 2.05) is 53.7 Å². The van der Waals surface area contributed by atoms with Crippen molar-refractivity contribution in [1.29, 1.82) is 0 Å². The van der Waals surface area contributed by atoms with Gasteiger partial charge in [-0.1, -0.05) is 32.4 Å². The second-order valence-corrected chi connectivity index (χ2v) is 10.3. The number of furan rings is 1. The summed E-state index contributed by atoms with van der Waals surface area (Å²) in [6.07, 6.45) is 0. The van der Waals surface area contributed by atoms with Gasteiger partial charge in [-0.15, -0.1) is 0 Å². The van der Waals surface area contributed by atoms with E-state index in [1.165, 1.54) is 0 Å². The van der Waals surface area contributed by atoms with Crippen molar-refractivity contribution in [3.05, 3.63) is 72.4 Å². The van der Waals surface area contributed by atoms with Gasteiger partial charge in [0.15, 0.2) is 0 Å². The minimum absolute atomic E-state index is 0.120. The van der Waals surface area contributed by atoms with Crippen LogP contribution in [0.15, 0.2) is 38.3 Å². The molecule has 1 aromatic heterocycles. The number of hydrogen-bond acceptors (Lipinski definition) is 6. The van der Waals surface area contributed by atoms with Crippen LogP contribution in [0.2, 0.25) is 5.02 Å². The fourth-order valence-electron chi connectivity index (χ4n) is 4.19. The molecule has 168 valence electrons. The molecule has 3 N–H and O–H groups in total. The number of nitrogens with one attached hydrogen (secondary N) is 3. The van der Waals surface area contributed by atoms with Crippen LogP contribution in [0.5, 0.6) is 0 Å². The summed E-state index contributed by atoms with van der Waals surface area (Å²) >= 11 is 6.37. The number of halogens is 1. The third-order valence-electron chi connectivity index (χ3n) is 5.80. The minimum Gasteiger partial charge on any atom is -0.464 e. The zero-order chi connectivity index (χ0) is 23.6. The van der Waals surface area contributed by atoms with E-state index < -0.39 is 16.4 Å². The highest BCUT2D eigenvalue weighted by Crippen LogP contribution is 2.42. The number of hydrogen-bond donors (Lipinski definition) is 3. The van der Waals surface area contributed by atoms with E-state index in [0.29, 0.717) is 27.6 Å². The van der Waals surface area contributed by atoms with Gasteiger partial charge in [0.2, 0.25) is 0 Å². The van der Waals surface area contributed by atoms with Crippen LogP contribution in [0, 0.1) is 12.3 Å². The second-order valence-electron chi connectivity index (χ2n) is 9.85. The van der Waals surface area contributed by atoms with Crippen LogP contribution in [0.1, 0.15) is 68.1 Å². The maximum atomic E-state index is 12.7. The first-order valence-electron chi connectivity index (χ1n) is 10.4. The summed E-state index contributed by atoms with van der Waals surface area (Å²) in [5.74, 6) is 1.13. The van der Waals surface area contributed by atoms with E-state index in [0.717, 1.165) is 5.76 Å². The van der Waals surface area contributed by atoms with Crippen LogP contribution < -0.4 is 26.8 Å². The van der Waals surface area contributed by atoms with Crippen molar-refractivity contribution < 1.29 is 9.21 Å². The van der Waals surface area contributed by atoms with E-state index in [2.05, 4.69) is 16.0 Å². The van der Waals surface area contributed by atoms with Gasteiger partial charge in [0.1, 0.15) is 22.9 Å². The quantitative estimate of drug-likeness (QED) is 0.479. The van der Waals surface area contributed by atoms with Crippen LogP contribution >= 0.6 is 11.6 Å². The lowest BCUT2D eigenvalue weighted by Gasteiger charge is -2.31. The molecule has 1 atom stereocenters. The largest absolute Gasteiger partial charge is 0.464 e. The van der Waals surface area contributed by atoms with Gasteiger partial charge < -0.3 is 20.4 Å². The lowest BCUT2D eigenvalue weighted by atomic mass is 9.84. The molecule has 0 fully saturated rings. The van der Waals surface area contributed by atoms with Gasteiger partial charge in [-0.25, -0.2) is 0 Å². The number of anilines is 3. The van der Waals surface area contributed by atoms with Crippen LogP contribution in [0.25, 0.3) is 0 Å². The van der Waals surface area contributed by atoms with E-state index in [-0.39, 0.29) is 28.7 Å². The van der Waals surface area contributed by atoms with Crippen molar-refractivity contribution in [2.45, 2.75) is 53.1 Å². The van der Waals surface area contributed by atoms with Gasteiger partial charge in [-0.3, -0.25) is 14.4 Å². The summed E-state index contributed by atoms with van der Waals surface area (Å²) in [6, 6.07) is 6.68. The maximum absolute atomic E-state index is 12.7. The van der Waals surface area contributed by atoms with Gasteiger partial charge in [-0.2, -0.15) is 0 Å². The third-order valence-corrected chi connectivity index (χ3v) is 6.12. The molecule has 0 radical (unpaired) electrons. The summed E-state index contributed by atoms with van der Waals surface area (Å²) in [5, 5.41) is 9.57. The number of carbonyl (C=O) groups excluding carboxylic acids is 1. The van der Waals surface area contributed by atoms with Crippen LogP contribution in [-0.2, 0) is 5.54 Å². The van der Waals surface area contributed by atoms with Crippen molar-refractivity contribution in [1.82, 2.24) is 5.32 Å². The molecule has 0 saturated heterocycles. The number of rotatable bonds is 5. The molecule has 7 nitrogen and oxygen atoms in total. The Hall–Kier alpha value is -3.06. The fourth-order valence-corrected chi connectivity index (χ4v) is 4.58. The standard InChI is InChI=1S/C24H26ClN3O4/c1-11-7-10-14(32-11)21(23(2,3)4)27-18-17(19(29)20(18)30)26-13-9-8-12(25)16-15(13)22(31)28-24(16,5)6/h7-10,21,26-27H,1-6H3,(H,28,31)/t21-/m0/s1. The first kappa shape index (κ1) is 22.1. The SMILES string of the molecule is Cc1ccc([C@H](Nc2c(Nc3ccc(Cl)c4c3C(=O)NC4(C)C)c(=O)c2=O)C(C)(C)C)o1. The van der Waals surface area contributed by atoms with Gasteiger partial charge in [0, 0.05) is 10.6 Å². The Morgan fingerprint density at radius 1 is 1.03 bits per heavy atom. The first-order chi connectivity index (χ1) is 14.8.